The highest BCUT2D eigenvalue weighted by atomic mass is 35.5. The van der Waals surface area contributed by atoms with Crippen molar-refractivity contribution in [1.29, 1.82) is 0 Å². The number of amides is 4. The summed E-state index contributed by atoms with van der Waals surface area (Å²) in [5, 5.41) is 9.95. The van der Waals surface area contributed by atoms with Crippen molar-refractivity contribution in [2.75, 3.05) is 63.9 Å². The fourth-order valence-corrected chi connectivity index (χ4v) is 4.89. The van der Waals surface area contributed by atoms with Crippen LogP contribution in [0.15, 0.2) is 36.2 Å². The number of benzene rings is 1. The van der Waals surface area contributed by atoms with Crippen molar-refractivity contribution in [2.45, 2.75) is 12.5 Å². The van der Waals surface area contributed by atoms with E-state index in [0.717, 1.165) is 5.75 Å². The SMILES string of the molecule is CSCC[C@@H](NC(=O)Nc1ccc(Cl)cc1)C(=O)N1CCN(N2CN3CN(C)C=C3C2=O)CC1. The van der Waals surface area contributed by atoms with Gasteiger partial charge >= 0.3 is 6.03 Å². The molecule has 2 fully saturated rings. The lowest BCUT2D eigenvalue weighted by molar-refractivity contribution is -0.149. The topological polar surface area (TPSA) is 91.5 Å². The largest absolute Gasteiger partial charge is 0.361 e. The maximum Gasteiger partial charge on any atom is 0.319 e. The first-order valence-corrected chi connectivity index (χ1v) is 13.0. The van der Waals surface area contributed by atoms with E-state index in [1.165, 1.54) is 0 Å². The molecule has 0 bridgehead atoms. The Labute approximate surface area is 208 Å². The zero-order valence-electron chi connectivity index (χ0n) is 19.4. The lowest BCUT2D eigenvalue weighted by Gasteiger charge is -2.40. The molecule has 1 aromatic carbocycles. The van der Waals surface area contributed by atoms with Gasteiger partial charge in [-0.05, 0) is 42.7 Å². The molecule has 4 rings (SSSR count). The van der Waals surface area contributed by atoms with Crippen LogP contribution in [0.3, 0.4) is 0 Å². The van der Waals surface area contributed by atoms with Gasteiger partial charge in [-0.3, -0.25) is 9.59 Å². The molecule has 1 atom stereocenters. The maximum absolute atomic E-state index is 13.3. The molecular formula is C22H30ClN7O3S. The van der Waals surface area contributed by atoms with Crippen LogP contribution in [0.5, 0.6) is 0 Å². The van der Waals surface area contributed by atoms with Gasteiger partial charge in [0.2, 0.25) is 5.91 Å². The molecule has 2 saturated heterocycles. The Morgan fingerprint density at radius 3 is 2.47 bits per heavy atom. The number of hydrogen-bond donors (Lipinski definition) is 2. The summed E-state index contributed by atoms with van der Waals surface area (Å²) in [4.78, 5) is 44.4. The summed E-state index contributed by atoms with van der Waals surface area (Å²) in [6, 6.07) is 5.75. The summed E-state index contributed by atoms with van der Waals surface area (Å²) in [6.45, 7) is 3.37. The predicted octanol–water partition coefficient (Wildman–Crippen LogP) is 1.49. The number of hydrazine groups is 1. The summed E-state index contributed by atoms with van der Waals surface area (Å²) in [5.41, 5.74) is 1.32. The van der Waals surface area contributed by atoms with E-state index in [4.69, 9.17) is 11.6 Å². The number of thioether (sulfide) groups is 1. The van der Waals surface area contributed by atoms with Crippen LogP contribution in [0, 0.1) is 0 Å². The van der Waals surface area contributed by atoms with Crippen molar-refractivity contribution in [2.24, 2.45) is 0 Å². The van der Waals surface area contributed by atoms with Gasteiger partial charge in [-0.1, -0.05) is 11.6 Å². The molecule has 4 amide bonds. The third-order valence-electron chi connectivity index (χ3n) is 6.06. The zero-order chi connectivity index (χ0) is 24.2. The Balaban J connectivity index is 1.31. The van der Waals surface area contributed by atoms with Crippen LogP contribution in [-0.4, -0.2) is 107 Å². The quantitative estimate of drug-likeness (QED) is 0.577. The number of piperazine rings is 1. The molecule has 0 saturated carbocycles. The Morgan fingerprint density at radius 2 is 1.82 bits per heavy atom. The number of nitrogens with one attached hydrogen (secondary N) is 2. The summed E-state index contributed by atoms with van der Waals surface area (Å²) in [5.74, 6) is 0.652. The van der Waals surface area contributed by atoms with E-state index in [2.05, 4.69) is 10.6 Å². The molecule has 3 aliphatic rings. The second kappa shape index (κ2) is 10.7. The summed E-state index contributed by atoms with van der Waals surface area (Å²) in [6.07, 6.45) is 4.38. The number of hydrogen-bond acceptors (Lipinski definition) is 7. The van der Waals surface area contributed by atoms with E-state index in [1.54, 1.807) is 45.9 Å². The number of carbonyl (C=O) groups excluding carboxylic acids is 3. The molecule has 0 radical (unpaired) electrons. The molecule has 10 nitrogen and oxygen atoms in total. The van der Waals surface area contributed by atoms with Gasteiger partial charge in [-0.25, -0.2) is 14.8 Å². The molecule has 184 valence electrons. The molecule has 0 spiro atoms. The lowest BCUT2D eigenvalue weighted by atomic mass is 10.1. The second-order valence-electron chi connectivity index (χ2n) is 8.52. The molecule has 2 N–H and O–H groups in total. The third-order valence-corrected chi connectivity index (χ3v) is 6.96. The van der Waals surface area contributed by atoms with Crippen molar-refractivity contribution in [3.63, 3.8) is 0 Å². The van der Waals surface area contributed by atoms with Gasteiger partial charge in [0.05, 0.1) is 6.67 Å². The average molecular weight is 508 g/mol. The van der Waals surface area contributed by atoms with Gasteiger partial charge in [0.25, 0.3) is 5.91 Å². The van der Waals surface area contributed by atoms with Gasteiger partial charge < -0.3 is 25.3 Å². The lowest BCUT2D eigenvalue weighted by Crippen LogP contribution is -2.59. The van der Waals surface area contributed by atoms with Crippen molar-refractivity contribution in [1.82, 2.24) is 30.0 Å². The number of urea groups is 1. The molecule has 0 aromatic heterocycles. The van der Waals surface area contributed by atoms with E-state index in [9.17, 15) is 14.4 Å². The number of fused-ring (bicyclic) bond motifs is 1. The van der Waals surface area contributed by atoms with E-state index >= 15 is 0 Å². The number of nitrogens with zero attached hydrogens (tertiary/aromatic N) is 5. The van der Waals surface area contributed by atoms with Crippen LogP contribution >= 0.6 is 23.4 Å². The van der Waals surface area contributed by atoms with Gasteiger partial charge in [0, 0.05) is 50.1 Å². The number of rotatable bonds is 7. The molecule has 3 aliphatic heterocycles. The summed E-state index contributed by atoms with van der Waals surface area (Å²) < 4.78 is 0. The van der Waals surface area contributed by atoms with Crippen molar-refractivity contribution in [3.8, 4) is 0 Å². The molecule has 0 unspecified atom stereocenters. The summed E-state index contributed by atoms with van der Waals surface area (Å²) >= 11 is 7.52. The molecule has 12 heteroatoms. The molecule has 1 aromatic rings. The Kier molecular flexibility index (Phi) is 7.74. The molecular weight excluding hydrogens is 478 g/mol. The minimum Gasteiger partial charge on any atom is -0.361 e. The fraction of sp³-hybridized carbons (Fsp3) is 0.500. The van der Waals surface area contributed by atoms with Gasteiger partial charge in [0.15, 0.2) is 0 Å². The van der Waals surface area contributed by atoms with Crippen molar-refractivity contribution >= 4 is 46.9 Å². The standard InChI is InChI=1S/C22H30ClN7O3S/c1-26-13-19-21(32)30(15-28(19)14-26)29-10-8-27(9-11-29)20(31)18(7-12-34-2)25-22(33)24-17-5-3-16(23)4-6-17/h3-6,13,18H,7-12,14-15H2,1-2H3,(H2,24,25,33)/t18-/m1/s1. The van der Waals surface area contributed by atoms with Crippen LogP contribution in [0.2, 0.25) is 5.02 Å². The third kappa shape index (κ3) is 5.53. The Bertz CT molecular complexity index is 952. The van der Waals surface area contributed by atoms with Gasteiger partial charge in [0.1, 0.15) is 18.4 Å². The smallest absolute Gasteiger partial charge is 0.319 e. The highest BCUT2D eigenvalue weighted by molar-refractivity contribution is 7.98. The maximum atomic E-state index is 13.3. The van der Waals surface area contributed by atoms with Crippen LogP contribution in [0.25, 0.3) is 0 Å². The van der Waals surface area contributed by atoms with E-state index in [1.807, 2.05) is 34.3 Å². The first kappa shape index (κ1) is 24.5. The van der Waals surface area contributed by atoms with E-state index < -0.39 is 12.1 Å². The highest BCUT2D eigenvalue weighted by Crippen LogP contribution is 2.26. The van der Waals surface area contributed by atoms with Crippen molar-refractivity contribution < 1.29 is 14.4 Å². The Hall–Kier alpha value is -2.63. The minimum atomic E-state index is -0.620. The zero-order valence-corrected chi connectivity index (χ0v) is 20.9. The number of halogens is 1. The molecule has 34 heavy (non-hydrogen) atoms. The van der Waals surface area contributed by atoms with Gasteiger partial charge in [-0.15, -0.1) is 0 Å². The van der Waals surface area contributed by atoms with E-state index in [0.29, 0.717) is 62.3 Å². The number of carbonyl (C=O) groups is 3. The summed E-state index contributed by atoms with van der Waals surface area (Å²) in [7, 11) is 1.95. The monoisotopic (exact) mass is 507 g/mol. The fourth-order valence-electron chi connectivity index (χ4n) is 4.29. The minimum absolute atomic E-state index is 0.00232. The van der Waals surface area contributed by atoms with Crippen LogP contribution in [0.4, 0.5) is 10.5 Å². The van der Waals surface area contributed by atoms with Gasteiger partial charge in [-0.2, -0.15) is 11.8 Å². The van der Waals surface area contributed by atoms with Crippen LogP contribution < -0.4 is 10.6 Å². The highest BCUT2D eigenvalue weighted by Gasteiger charge is 2.40. The van der Waals surface area contributed by atoms with E-state index in [-0.39, 0.29) is 11.8 Å². The first-order chi connectivity index (χ1) is 16.4. The number of anilines is 1. The van der Waals surface area contributed by atoms with Crippen LogP contribution in [0.1, 0.15) is 6.42 Å². The van der Waals surface area contributed by atoms with Crippen molar-refractivity contribution in [3.05, 3.63) is 41.2 Å². The molecule has 0 aliphatic carbocycles. The van der Waals surface area contributed by atoms with Crippen LogP contribution in [-0.2, 0) is 9.59 Å². The average Bonchev–Trinajstić information content (AvgIpc) is 3.34. The predicted molar refractivity (Wildman–Crippen MR) is 133 cm³/mol. The first-order valence-electron chi connectivity index (χ1n) is 11.2. The Morgan fingerprint density at radius 1 is 1.12 bits per heavy atom. The normalized spacial score (nSPS) is 19.3. The second-order valence-corrected chi connectivity index (χ2v) is 9.94. The molecule has 3 heterocycles.